The van der Waals surface area contributed by atoms with Gasteiger partial charge < -0.3 is 46.3 Å². The summed E-state index contributed by atoms with van der Waals surface area (Å²) >= 11 is 0.862. The zero-order chi connectivity index (χ0) is 54.6. The molecule has 2 aromatic heterocycles. The summed E-state index contributed by atoms with van der Waals surface area (Å²) in [5, 5.41) is 24.2. The number of thioether (sulfide) groups is 1. The molecule has 3 aromatic rings. The lowest BCUT2D eigenvalue weighted by atomic mass is 9.98. The number of aliphatic imine (C=N–C) groups is 1. The topological polar surface area (TPSA) is 317 Å². The quantitative estimate of drug-likeness (QED) is 0.0380. The summed E-state index contributed by atoms with van der Waals surface area (Å²) in [6, 6.07) is 8.52. The van der Waals surface area contributed by atoms with Crippen molar-refractivity contribution in [3.8, 4) is 0 Å². The van der Waals surface area contributed by atoms with Crippen molar-refractivity contribution < 1.29 is 57.9 Å². The molecule has 0 aliphatic carbocycles. The highest BCUT2D eigenvalue weighted by Gasteiger charge is 2.28. The summed E-state index contributed by atoms with van der Waals surface area (Å²) in [7, 11) is -4.67. The summed E-state index contributed by atoms with van der Waals surface area (Å²) in [6.07, 6.45) is 10.8. The average Bonchev–Trinajstić information content (AvgIpc) is 4.00. The van der Waals surface area contributed by atoms with Crippen LogP contribution in [0.4, 0.5) is 5.82 Å². The van der Waals surface area contributed by atoms with Crippen LogP contribution >= 0.6 is 19.6 Å². The van der Waals surface area contributed by atoms with E-state index in [1.165, 1.54) is 17.2 Å². The van der Waals surface area contributed by atoms with Crippen molar-refractivity contribution in [3.05, 3.63) is 169 Å². The Bertz CT molecular complexity index is 3130. The van der Waals surface area contributed by atoms with Gasteiger partial charge in [0, 0.05) is 81.0 Å². The minimum absolute atomic E-state index is 0.00437. The van der Waals surface area contributed by atoms with Gasteiger partial charge in [0.2, 0.25) is 11.5 Å². The number of amides is 3. The van der Waals surface area contributed by atoms with Crippen molar-refractivity contribution in [2.24, 2.45) is 4.99 Å². The first-order valence-corrected chi connectivity index (χ1v) is 25.2. The molecule has 0 atom stereocenters. The molecule has 3 aliphatic heterocycles. The van der Waals surface area contributed by atoms with Crippen molar-refractivity contribution in [2.45, 2.75) is 80.2 Å². The largest absolute Gasteiger partial charge is 0.481 e. The number of rotatable bonds is 21. The standard InChI is InChI=1S/C33H34N4O6.C19H23N4O6PS/c1-7-20-19(6)32(42)37-27(20)14-25-18(5)23(10-12-31(40)41)29(35-25)15-28-22(9-11-30(38)39)17(4)24(34-28)13-26-16(3)21(8-2)33(43)36-26;1-13(23(12-24)11-16-10-21-14(2)22-18(16)20)17(8-9-29-30(26,27)28)31-19(25)15-6-4-3-5-7-15/h7-8,13-15,35H,1-2,9-12H2,3-6H3,(H,36,43)(H,37,42)(H,38,39)(H,40,41);3-7,10,12H,8-9,11H2,1-2H3,(H2,20,21,22)(H2,26,27,28)/b26-13-,27-14-,28-15-;17-13-. The molecule has 0 unspecified atom stereocenters. The maximum atomic E-state index is 12.7. The van der Waals surface area contributed by atoms with E-state index in [-0.39, 0.29) is 68.0 Å². The average molecular weight is 1050 g/mol. The minimum atomic E-state index is -4.67. The molecule has 74 heavy (non-hydrogen) atoms. The highest BCUT2D eigenvalue weighted by Crippen LogP contribution is 2.38. The number of H-pyrrole nitrogens is 1. The zero-order valence-corrected chi connectivity index (χ0v) is 43.3. The predicted octanol–water partition coefficient (Wildman–Crippen LogP) is 7.44. The number of carboxylic acids is 2. The number of hydrogen-bond acceptors (Lipinski definition) is 13. The molecule has 9 N–H and O–H groups in total. The van der Waals surface area contributed by atoms with Crippen LogP contribution in [0.1, 0.15) is 97.6 Å². The maximum Gasteiger partial charge on any atom is 0.469 e. The molecular formula is C52H57N8O12PS. The van der Waals surface area contributed by atoms with Crippen LogP contribution in [0.15, 0.2) is 134 Å². The number of anilines is 1. The van der Waals surface area contributed by atoms with Crippen LogP contribution in [0.5, 0.6) is 0 Å². The highest BCUT2D eigenvalue weighted by atomic mass is 32.2. The number of carbonyl (C=O) groups is 6. The molecule has 5 heterocycles. The number of aliphatic carboxylic acids is 2. The highest BCUT2D eigenvalue weighted by molar-refractivity contribution is 8.17. The van der Waals surface area contributed by atoms with Gasteiger partial charge in [0.05, 0.1) is 30.3 Å². The summed E-state index contributed by atoms with van der Waals surface area (Å²) in [5.74, 6) is -1.64. The van der Waals surface area contributed by atoms with Crippen molar-refractivity contribution >= 4 is 78.5 Å². The zero-order valence-electron chi connectivity index (χ0n) is 41.6. The van der Waals surface area contributed by atoms with Crippen LogP contribution in [0.3, 0.4) is 0 Å². The Kier molecular flexibility index (Phi) is 19.5. The van der Waals surface area contributed by atoms with Gasteiger partial charge in [0.1, 0.15) is 11.6 Å². The van der Waals surface area contributed by atoms with Crippen LogP contribution in [0.2, 0.25) is 0 Å². The number of benzene rings is 1. The number of phosphoric ester groups is 1. The van der Waals surface area contributed by atoms with Crippen LogP contribution in [-0.4, -0.2) is 87.4 Å². The van der Waals surface area contributed by atoms with E-state index in [4.69, 9.17) is 20.5 Å². The summed E-state index contributed by atoms with van der Waals surface area (Å²) < 4.78 is 15.5. The number of carboxylic acid groups (broad SMARTS) is 2. The minimum Gasteiger partial charge on any atom is -0.481 e. The number of phosphoric acid groups is 1. The van der Waals surface area contributed by atoms with E-state index in [0.29, 0.717) is 84.9 Å². The number of allylic oxidation sites excluding steroid dienone is 6. The number of nitrogens with one attached hydrogen (secondary N) is 3. The Morgan fingerprint density at radius 3 is 2.09 bits per heavy atom. The Hall–Kier alpha value is -7.81. The van der Waals surface area contributed by atoms with Crippen LogP contribution in [0, 0.1) is 13.8 Å². The first kappa shape index (κ1) is 57.1. The van der Waals surface area contributed by atoms with Gasteiger partial charge in [-0.2, -0.15) is 0 Å². The molecule has 1 aromatic carbocycles. The molecule has 0 fully saturated rings. The van der Waals surface area contributed by atoms with Gasteiger partial charge >= 0.3 is 19.8 Å². The Morgan fingerprint density at radius 1 is 0.851 bits per heavy atom. The van der Waals surface area contributed by atoms with Crippen molar-refractivity contribution in [3.63, 3.8) is 0 Å². The summed E-state index contributed by atoms with van der Waals surface area (Å²) in [5.41, 5.74) is 16.4. The molecule has 0 spiro atoms. The molecule has 20 nitrogen and oxygen atoms in total. The van der Waals surface area contributed by atoms with E-state index < -0.39 is 19.8 Å². The normalized spacial score (nSPS) is 16.5. The molecular weight excluding hydrogens is 992 g/mol. The lowest BCUT2D eigenvalue weighted by Gasteiger charge is -2.22. The smallest absolute Gasteiger partial charge is 0.469 e. The van der Waals surface area contributed by atoms with Gasteiger partial charge in [-0.15, -0.1) is 0 Å². The van der Waals surface area contributed by atoms with Gasteiger partial charge in [0.25, 0.3) is 11.8 Å². The predicted molar refractivity (Wildman–Crippen MR) is 281 cm³/mol. The number of nitrogens with two attached hydrogens (primary N) is 1. The van der Waals surface area contributed by atoms with E-state index in [1.54, 1.807) is 75.4 Å². The van der Waals surface area contributed by atoms with E-state index >= 15 is 0 Å². The van der Waals surface area contributed by atoms with Crippen molar-refractivity contribution in [1.29, 1.82) is 0 Å². The molecule has 388 valence electrons. The van der Waals surface area contributed by atoms with Gasteiger partial charge in [0.15, 0.2) is 0 Å². The van der Waals surface area contributed by atoms with Gasteiger partial charge in [-0.05, 0) is 112 Å². The van der Waals surface area contributed by atoms with E-state index in [0.717, 1.165) is 39.6 Å². The molecule has 0 bridgehead atoms. The van der Waals surface area contributed by atoms with E-state index in [1.807, 2.05) is 20.8 Å². The van der Waals surface area contributed by atoms with Gasteiger partial charge in [-0.3, -0.25) is 33.3 Å². The molecule has 0 radical (unpaired) electrons. The number of aromatic amines is 1. The maximum absolute atomic E-state index is 12.7. The fourth-order valence-electron chi connectivity index (χ4n) is 7.85. The molecule has 22 heteroatoms. The molecule has 3 aliphatic rings. The molecule has 0 saturated heterocycles. The summed E-state index contributed by atoms with van der Waals surface area (Å²) in [6.45, 7) is 17.8. The third-order valence-electron chi connectivity index (χ3n) is 12.0. The number of nitrogen functional groups attached to an aromatic ring is 1. The lowest BCUT2D eigenvalue weighted by molar-refractivity contribution is -0.138. The lowest BCUT2D eigenvalue weighted by Crippen LogP contribution is -2.22. The summed E-state index contributed by atoms with van der Waals surface area (Å²) in [4.78, 5) is 108. The molecule has 0 saturated carbocycles. The van der Waals surface area contributed by atoms with Crippen LogP contribution in [0.25, 0.3) is 12.2 Å². The second kappa shape index (κ2) is 25.2. The number of nitrogens with zero attached hydrogens (tertiary/aromatic N) is 4. The fourth-order valence-corrected chi connectivity index (χ4v) is 9.11. The van der Waals surface area contributed by atoms with Crippen molar-refractivity contribution in [1.82, 2.24) is 30.5 Å². The Balaban J connectivity index is 0.000000290. The first-order chi connectivity index (χ1) is 35.0. The molecule has 6 rings (SSSR count). The monoisotopic (exact) mass is 1050 g/mol. The number of aryl methyl sites for hydroxylation is 1. The first-order valence-electron chi connectivity index (χ1n) is 22.8. The Morgan fingerprint density at radius 2 is 1.50 bits per heavy atom. The van der Waals surface area contributed by atoms with Crippen LogP contribution < -0.4 is 16.4 Å². The number of hydrogen-bond donors (Lipinski definition) is 8. The second-order valence-electron chi connectivity index (χ2n) is 16.9. The van der Waals surface area contributed by atoms with Gasteiger partial charge in [-0.25, -0.2) is 19.5 Å². The molecule has 3 amide bonds. The van der Waals surface area contributed by atoms with Crippen molar-refractivity contribution in [2.75, 3.05) is 12.3 Å². The SMILES string of the molecule is C/C(=C(\CCOP(=O)(O)O)SC(=O)c1ccccc1)N(C=O)Cc1cnc(C)nc1N.C=CC1=C(C)/C(=C/C2=NC(=C\c3[nH]c(/C=C4\NC(=O)C(C)=C4C=C)c(C)c3CCC(=O)O)/C(CCC(=O)O)=C2C)NC1=O. The Labute approximate surface area is 431 Å². The van der Waals surface area contributed by atoms with E-state index in [9.17, 15) is 43.5 Å². The number of carbonyl (C=O) groups excluding carboxylic acids is 4. The number of aromatic nitrogens is 3. The van der Waals surface area contributed by atoms with Gasteiger partial charge in [-0.1, -0.05) is 55.6 Å². The van der Waals surface area contributed by atoms with Crippen LogP contribution in [-0.2, 0) is 46.0 Å². The fraction of sp³-hybridized carbons (Fsp3) is 0.250. The third-order valence-corrected chi connectivity index (χ3v) is 13.7. The second-order valence-corrected chi connectivity index (χ2v) is 19.2. The van der Waals surface area contributed by atoms with E-state index in [2.05, 4.69) is 43.3 Å². The third kappa shape index (κ3) is 14.7.